The van der Waals surface area contributed by atoms with Gasteiger partial charge in [0.1, 0.15) is 22.2 Å². The summed E-state index contributed by atoms with van der Waals surface area (Å²) in [5, 5.41) is 54.6. The van der Waals surface area contributed by atoms with E-state index in [1.807, 2.05) is 56.4 Å². The van der Waals surface area contributed by atoms with E-state index in [2.05, 4.69) is 31.0 Å². The summed E-state index contributed by atoms with van der Waals surface area (Å²) in [6.07, 6.45) is 12.9. The molecule has 0 aromatic carbocycles. The van der Waals surface area contributed by atoms with Gasteiger partial charge in [-0.1, -0.05) is 35.0 Å². The molecule has 9 rings (SSSR count). The molecule has 362 valence electrons. The van der Waals surface area contributed by atoms with Crippen LogP contribution in [0, 0.1) is 30.3 Å². The number of fused-ring (bicyclic) bond motifs is 4. The predicted molar refractivity (Wildman–Crippen MR) is 260 cm³/mol. The van der Waals surface area contributed by atoms with Gasteiger partial charge >= 0.3 is 17.1 Å². The molecule has 0 aliphatic heterocycles. The molecule has 0 spiro atoms. The summed E-state index contributed by atoms with van der Waals surface area (Å²) in [5.74, 6) is 6.35. The minimum atomic E-state index is -3.71. The number of nitrogens with two attached hydrogens (primary N) is 2. The molecular formula is C39H45Cl2IN16O8S2. The van der Waals surface area contributed by atoms with Gasteiger partial charge in [-0.25, -0.2) is 32.3 Å². The Morgan fingerprint density at radius 3 is 1.43 bits per heavy atom. The Kier molecular flexibility index (Phi) is 22.1. The molecule has 0 saturated heterocycles. The highest BCUT2D eigenvalue weighted by Crippen LogP contribution is 2.31. The van der Waals surface area contributed by atoms with E-state index in [1.54, 1.807) is 84.1 Å². The molecular weight excluding hydrogens is 1080 g/mol. The fourth-order valence-corrected chi connectivity index (χ4v) is 7.15. The Bertz CT molecular complexity index is 3210. The summed E-state index contributed by atoms with van der Waals surface area (Å²) in [7, 11) is -3.71. The zero-order valence-electron chi connectivity index (χ0n) is 36.3. The number of nitrogens with zero attached hydrogens (tertiary/aromatic N) is 12. The third kappa shape index (κ3) is 14.0. The Morgan fingerprint density at radius 2 is 1.01 bits per heavy atom. The first-order valence-electron chi connectivity index (χ1n) is 19.1. The van der Waals surface area contributed by atoms with E-state index in [4.69, 9.17) is 11.6 Å². The van der Waals surface area contributed by atoms with Crippen LogP contribution in [0.1, 0.15) is 13.8 Å². The fourth-order valence-electron chi connectivity index (χ4n) is 5.84. The lowest BCUT2D eigenvalue weighted by Gasteiger charge is -1.96. The average Bonchev–Trinajstić information content (AvgIpc) is 4.05. The molecule has 0 bridgehead atoms. The molecule has 9 heterocycles. The van der Waals surface area contributed by atoms with Crippen molar-refractivity contribution in [1.29, 1.82) is 0 Å². The van der Waals surface area contributed by atoms with Crippen molar-refractivity contribution in [1.82, 2.24) is 38.5 Å². The van der Waals surface area contributed by atoms with Gasteiger partial charge in [-0.05, 0) is 68.6 Å². The summed E-state index contributed by atoms with van der Waals surface area (Å²) in [6.45, 7) is 5.32. The molecule has 9 aromatic heterocycles. The van der Waals surface area contributed by atoms with E-state index in [-0.39, 0.29) is 65.7 Å². The summed E-state index contributed by atoms with van der Waals surface area (Å²) in [6, 6.07) is 26.6. The lowest BCUT2D eigenvalue weighted by atomic mass is 10.3. The molecule has 0 fully saturated rings. The quantitative estimate of drug-likeness (QED) is 0.0403. The molecule has 0 atom stereocenters. The van der Waals surface area contributed by atoms with Gasteiger partial charge in [-0.2, -0.15) is 5.10 Å². The van der Waals surface area contributed by atoms with Crippen LogP contribution in [0.2, 0.25) is 0 Å². The third-order valence-electron chi connectivity index (χ3n) is 8.58. The van der Waals surface area contributed by atoms with Crippen LogP contribution in [0.3, 0.4) is 0 Å². The number of sulfone groups is 1. The van der Waals surface area contributed by atoms with Gasteiger partial charge in [0.25, 0.3) is 5.03 Å². The number of rotatable bonds is 9. The predicted octanol–water partition coefficient (Wildman–Crippen LogP) is 3.17. The molecule has 0 aliphatic rings. The number of nitro groups is 3. The Morgan fingerprint density at radius 1 is 0.618 bits per heavy atom. The summed E-state index contributed by atoms with van der Waals surface area (Å²) < 4.78 is 30.2. The lowest BCUT2D eigenvalue weighted by molar-refractivity contribution is -0.638. The SMILES string of the molecule is CCNc1nn2ccccc2c1N.CCNc1nn2ccccc2c1[N+](=O)[O-].CS(=O)(=O)c1nn2ccccc2c1[N+](=O)[O-].CSc1nn2ccccc2c1[N+](=O)[O-].Cl.Cl.N[n+]1ccccc1.[I-]. The first-order valence-corrected chi connectivity index (χ1v) is 22.2. The Balaban J connectivity index is 0.000000293. The maximum absolute atomic E-state index is 11.3. The van der Waals surface area contributed by atoms with Gasteiger partial charge in [0.2, 0.25) is 15.7 Å². The number of nitrogens with one attached hydrogen (secondary N) is 2. The smallest absolute Gasteiger partial charge is 0.338 e. The van der Waals surface area contributed by atoms with Gasteiger partial charge in [0, 0.05) is 56.3 Å². The van der Waals surface area contributed by atoms with Crippen molar-refractivity contribution in [3.63, 3.8) is 0 Å². The van der Waals surface area contributed by atoms with Gasteiger partial charge in [-0.15, -0.1) is 51.9 Å². The topological polar surface area (TPSA) is 313 Å². The van der Waals surface area contributed by atoms with Crippen molar-refractivity contribution in [2.75, 3.05) is 47.8 Å². The van der Waals surface area contributed by atoms with Crippen molar-refractivity contribution in [2.24, 2.45) is 0 Å². The van der Waals surface area contributed by atoms with Crippen molar-refractivity contribution in [2.45, 2.75) is 23.9 Å². The minimum absolute atomic E-state index is 0. The van der Waals surface area contributed by atoms with Crippen LogP contribution in [0.5, 0.6) is 0 Å². The van der Waals surface area contributed by atoms with Crippen molar-refractivity contribution < 1.29 is 51.8 Å². The maximum Gasteiger partial charge on any atom is 0.338 e. The van der Waals surface area contributed by atoms with E-state index in [9.17, 15) is 38.8 Å². The van der Waals surface area contributed by atoms with Crippen LogP contribution >= 0.6 is 36.6 Å². The second kappa shape index (κ2) is 26.3. The Labute approximate surface area is 420 Å². The van der Waals surface area contributed by atoms with Gasteiger partial charge in [0.05, 0.1) is 20.3 Å². The second-order valence-electron chi connectivity index (χ2n) is 13.0. The van der Waals surface area contributed by atoms with Crippen LogP contribution in [0.4, 0.5) is 34.4 Å². The molecule has 0 unspecified atom stereocenters. The van der Waals surface area contributed by atoms with E-state index >= 15 is 0 Å². The highest BCUT2D eigenvalue weighted by molar-refractivity contribution is 7.98. The molecule has 24 nitrogen and oxygen atoms in total. The Hall–Kier alpha value is -7.08. The van der Waals surface area contributed by atoms with E-state index in [0.29, 0.717) is 34.1 Å². The summed E-state index contributed by atoms with van der Waals surface area (Å²) >= 11 is 1.28. The maximum atomic E-state index is 11.3. The zero-order valence-corrected chi connectivity index (χ0v) is 41.8. The number of aromatic nitrogens is 9. The molecule has 6 N–H and O–H groups in total. The van der Waals surface area contributed by atoms with Crippen LogP contribution in [-0.4, -0.2) is 87.2 Å². The highest BCUT2D eigenvalue weighted by Gasteiger charge is 2.30. The van der Waals surface area contributed by atoms with E-state index in [0.717, 1.165) is 24.1 Å². The normalized spacial score (nSPS) is 10.2. The monoisotopic (exact) mass is 1130 g/mol. The number of anilines is 3. The molecule has 0 aliphatic carbocycles. The number of hydrogen-bond acceptors (Lipinski definition) is 17. The molecule has 0 amide bonds. The molecule has 9 aromatic rings. The van der Waals surface area contributed by atoms with Gasteiger partial charge in [-0.3, -0.25) is 30.3 Å². The summed E-state index contributed by atoms with van der Waals surface area (Å²) in [4.78, 5) is 31.0. The minimum Gasteiger partial charge on any atom is -1.00 e. The van der Waals surface area contributed by atoms with Crippen molar-refractivity contribution in [3.8, 4) is 0 Å². The summed E-state index contributed by atoms with van der Waals surface area (Å²) in [5.41, 5.74) is 8.34. The first kappa shape index (κ1) is 57.0. The molecule has 0 saturated carbocycles. The van der Waals surface area contributed by atoms with Crippen molar-refractivity contribution in [3.05, 3.63) is 159 Å². The van der Waals surface area contributed by atoms with Crippen LogP contribution in [0.25, 0.3) is 22.1 Å². The molecule has 68 heavy (non-hydrogen) atoms. The van der Waals surface area contributed by atoms with Crippen LogP contribution in [0.15, 0.2) is 138 Å². The lowest BCUT2D eigenvalue weighted by Crippen LogP contribution is -3.00. The number of thioether (sulfide) groups is 1. The van der Waals surface area contributed by atoms with Gasteiger partial charge < -0.3 is 40.3 Å². The van der Waals surface area contributed by atoms with E-state index < -0.39 is 35.3 Å². The molecule has 29 heteroatoms. The second-order valence-corrected chi connectivity index (χ2v) is 15.7. The average molecular weight is 1130 g/mol. The van der Waals surface area contributed by atoms with Gasteiger partial charge in [0.15, 0.2) is 23.2 Å². The number of nitrogen functional groups attached to an aromatic ring is 2. The number of hydrogen-bond donors (Lipinski definition) is 4. The molecule has 0 radical (unpaired) electrons. The number of halogens is 3. The van der Waals surface area contributed by atoms with Crippen LogP contribution in [-0.2, 0) is 9.84 Å². The zero-order chi connectivity index (χ0) is 47.3. The standard InChI is InChI=1S/C9H10N4O2.C9H12N4.C8H7N3O4S.C8H7N3O2S.C5H7N2.2ClH.HI/c1-2-10-9-8(13(14)15)7-5-3-4-6-12(7)11-9;1-2-11-9-8(10)7-5-3-4-6-13(7)12-9;1-16(14,15)8-7(11(12)13)6-4-2-3-5-10(6)9-8;1-14-8-7(11(12)13)6-4-2-3-5-10(6)9-8;6-7-4-2-1-3-5-7;;;/h3-6H,2H2,1H3,(H,10,11);3-6H,2,10H2,1H3,(H,11,12);2-5H,1H3;2-5H,1H3;1-5H,6H2;3*1H/q;;;;+1;;;/p-1. The number of pyridine rings is 5. The van der Waals surface area contributed by atoms with Crippen LogP contribution < -0.4 is 50.9 Å². The fraction of sp³-hybridized carbons (Fsp3) is 0.154. The largest absolute Gasteiger partial charge is 1.00 e. The first-order chi connectivity index (χ1) is 31.1. The van der Waals surface area contributed by atoms with Crippen molar-refractivity contribution >= 4 is 103 Å². The van der Waals surface area contributed by atoms with E-state index in [1.165, 1.54) is 42.2 Å². The third-order valence-corrected chi connectivity index (χ3v) is 10.2. The highest BCUT2D eigenvalue weighted by atomic mass is 127.